The highest BCUT2D eigenvalue weighted by molar-refractivity contribution is 9.10. The van der Waals surface area contributed by atoms with Gasteiger partial charge in [-0.2, -0.15) is 5.10 Å². The molecule has 96 valence electrons. The number of hydrogen-bond donors (Lipinski definition) is 1. The molecular weight excluding hydrogens is 314 g/mol. The first-order chi connectivity index (χ1) is 8.54. The van der Waals surface area contributed by atoms with Crippen LogP contribution < -0.4 is 5.73 Å². The van der Waals surface area contributed by atoms with Gasteiger partial charge in [0.15, 0.2) is 5.82 Å². The van der Waals surface area contributed by atoms with Gasteiger partial charge in [0, 0.05) is 18.9 Å². The van der Waals surface area contributed by atoms with Crippen molar-refractivity contribution in [3.8, 4) is 0 Å². The van der Waals surface area contributed by atoms with Crippen LogP contribution in [0.25, 0.3) is 0 Å². The lowest BCUT2D eigenvalue weighted by Gasteiger charge is -2.09. The summed E-state index contributed by atoms with van der Waals surface area (Å²) in [6.45, 7) is 5.49. The molecule has 0 radical (unpaired) electrons. The smallest absolute Gasteiger partial charge is 0.167 e. The molecule has 2 aromatic rings. The number of hydrogen-bond acceptors (Lipinski definition) is 3. The monoisotopic (exact) mass is 327 g/mol. The van der Waals surface area contributed by atoms with Crippen molar-refractivity contribution >= 4 is 33.1 Å². The molecule has 0 saturated carbocycles. The number of thiocarbonyl (C=S) groups is 1. The van der Waals surface area contributed by atoms with Crippen LogP contribution in [0.5, 0.6) is 0 Å². The quantitative estimate of drug-likeness (QED) is 0.870. The van der Waals surface area contributed by atoms with E-state index in [9.17, 15) is 0 Å². The molecule has 2 rings (SSSR count). The Bertz CT molecular complexity index is 586. The van der Waals surface area contributed by atoms with Crippen LogP contribution in [0.3, 0.4) is 0 Å². The average Bonchev–Trinajstić information content (AvgIpc) is 2.89. The molecule has 0 aliphatic carbocycles. The summed E-state index contributed by atoms with van der Waals surface area (Å²) in [5.74, 6) is 0.624. The van der Waals surface area contributed by atoms with Gasteiger partial charge in [0.2, 0.25) is 0 Å². The van der Waals surface area contributed by atoms with Gasteiger partial charge in [0.25, 0.3) is 0 Å². The number of nitrogens with zero attached hydrogens (tertiary/aromatic N) is 4. The van der Waals surface area contributed by atoms with Crippen molar-refractivity contribution in [1.82, 2.24) is 19.3 Å². The molecule has 0 aliphatic rings. The summed E-state index contributed by atoms with van der Waals surface area (Å²) in [6.07, 6.45) is 3.56. The molecule has 0 aromatic carbocycles. The van der Waals surface area contributed by atoms with E-state index < -0.39 is 0 Å². The van der Waals surface area contributed by atoms with Crippen LogP contribution in [0.4, 0.5) is 0 Å². The normalized spacial score (nSPS) is 10.8. The summed E-state index contributed by atoms with van der Waals surface area (Å²) in [4.78, 5) is 4.46. The lowest BCUT2D eigenvalue weighted by molar-refractivity contribution is 0.595. The Morgan fingerprint density at radius 3 is 2.89 bits per heavy atom. The predicted octanol–water partition coefficient (Wildman–Crippen LogP) is 1.85. The van der Waals surface area contributed by atoms with Gasteiger partial charge in [-0.3, -0.25) is 4.68 Å². The Kier molecular flexibility index (Phi) is 3.82. The van der Waals surface area contributed by atoms with E-state index >= 15 is 0 Å². The van der Waals surface area contributed by atoms with Gasteiger partial charge in [-0.05, 0) is 29.8 Å². The van der Waals surface area contributed by atoms with Crippen LogP contribution >= 0.6 is 28.1 Å². The third kappa shape index (κ3) is 2.32. The summed E-state index contributed by atoms with van der Waals surface area (Å²) in [7, 11) is 0. The molecule has 0 atom stereocenters. The first-order valence-electron chi connectivity index (χ1n) is 5.57. The van der Waals surface area contributed by atoms with Gasteiger partial charge in [-0.15, -0.1) is 0 Å². The molecule has 7 heteroatoms. The highest BCUT2D eigenvalue weighted by atomic mass is 79.9. The molecule has 5 nitrogen and oxygen atoms in total. The molecule has 0 fully saturated rings. The van der Waals surface area contributed by atoms with E-state index in [-0.39, 0.29) is 0 Å². The lowest BCUT2D eigenvalue weighted by atomic mass is 10.3. The van der Waals surface area contributed by atoms with Crippen molar-refractivity contribution in [3.05, 3.63) is 34.1 Å². The minimum atomic E-state index is 0.301. The van der Waals surface area contributed by atoms with Gasteiger partial charge < -0.3 is 10.3 Å². The van der Waals surface area contributed by atoms with Gasteiger partial charge in [-0.1, -0.05) is 12.2 Å². The maximum Gasteiger partial charge on any atom is 0.167 e. The van der Waals surface area contributed by atoms with E-state index in [1.54, 1.807) is 6.20 Å². The molecular formula is C11H14BrN5S. The second-order valence-electron chi connectivity index (χ2n) is 3.90. The van der Waals surface area contributed by atoms with Gasteiger partial charge >= 0.3 is 0 Å². The topological polar surface area (TPSA) is 61.7 Å². The average molecular weight is 328 g/mol. The zero-order valence-corrected chi connectivity index (χ0v) is 12.6. The summed E-state index contributed by atoms with van der Waals surface area (Å²) in [6, 6.07) is 0. The first-order valence-corrected chi connectivity index (χ1v) is 6.77. The standard InChI is InChI=1S/C11H14BrN5S/c1-3-17-8(9(12)7(2)15-17)6-16-5-4-14-11(16)10(13)18/h4-5H,3,6H2,1-2H3,(H2,13,18). The van der Waals surface area contributed by atoms with Crippen molar-refractivity contribution < 1.29 is 0 Å². The van der Waals surface area contributed by atoms with Gasteiger partial charge in [0.1, 0.15) is 4.99 Å². The molecule has 18 heavy (non-hydrogen) atoms. The highest BCUT2D eigenvalue weighted by Gasteiger charge is 2.14. The van der Waals surface area contributed by atoms with Crippen LogP contribution in [-0.2, 0) is 13.1 Å². The number of nitrogens with two attached hydrogens (primary N) is 1. The second kappa shape index (κ2) is 5.19. The molecule has 0 saturated heterocycles. The van der Waals surface area contributed by atoms with Gasteiger partial charge in [-0.25, -0.2) is 4.98 Å². The summed E-state index contributed by atoms with van der Waals surface area (Å²) < 4.78 is 4.91. The minimum Gasteiger partial charge on any atom is -0.387 e. The molecule has 0 spiro atoms. The molecule has 2 heterocycles. The third-order valence-corrected chi connectivity index (χ3v) is 3.92. The second-order valence-corrected chi connectivity index (χ2v) is 5.14. The molecule has 0 amide bonds. The summed E-state index contributed by atoms with van der Waals surface area (Å²) in [5.41, 5.74) is 7.70. The van der Waals surface area contributed by atoms with Crippen molar-refractivity contribution in [2.75, 3.05) is 0 Å². The largest absolute Gasteiger partial charge is 0.387 e. The fraction of sp³-hybridized carbons (Fsp3) is 0.364. The Hall–Kier alpha value is -1.21. The molecule has 0 aliphatic heterocycles. The Morgan fingerprint density at radius 1 is 1.56 bits per heavy atom. The number of aromatic nitrogens is 4. The van der Waals surface area contributed by atoms with Crippen LogP contribution in [0.1, 0.15) is 24.1 Å². The third-order valence-electron chi connectivity index (χ3n) is 2.71. The van der Waals surface area contributed by atoms with Crippen molar-refractivity contribution in [3.63, 3.8) is 0 Å². The number of halogens is 1. The summed E-state index contributed by atoms with van der Waals surface area (Å²) >= 11 is 8.55. The van der Waals surface area contributed by atoms with E-state index in [0.29, 0.717) is 17.4 Å². The fourth-order valence-corrected chi connectivity index (χ4v) is 2.42. The summed E-state index contributed by atoms with van der Waals surface area (Å²) in [5, 5.41) is 4.46. The van der Waals surface area contributed by atoms with E-state index in [1.807, 2.05) is 22.4 Å². The predicted molar refractivity (Wildman–Crippen MR) is 77.6 cm³/mol. The Balaban J connectivity index is 2.39. The van der Waals surface area contributed by atoms with E-state index in [1.165, 1.54) is 0 Å². The van der Waals surface area contributed by atoms with E-state index in [4.69, 9.17) is 18.0 Å². The lowest BCUT2D eigenvalue weighted by Crippen LogP contribution is -2.18. The van der Waals surface area contributed by atoms with Crippen molar-refractivity contribution in [1.29, 1.82) is 0 Å². The Labute approximate surface area is 119 Å². The maximum absolute atomic E-state index is 5.64. The molecule has 2 N–H and O–H groups in total. The van der Waals surface area contributed by atoms with Crippen LogP contribution in [0.2, 0.25) is 0 Å². The number of aryl methyl sites for hydroxylation is 2. The van der Waals surface area contributed by atoms with Crippen LogP contribution in [0, 0.1) is 6.92 Å². The van der Waals surface area contributed by atoms with Crippen molar-refractivity contribution in [2.45, 2.75) is 26.9 Å². The first kappa shape index (κ1) is 13.2. The molecule has 0 unspecified atom stereocenters. The zero-order chi connectivity index (χ0) is 13.3. The fourth-order valence-electron chi connectivity index (χ4n) is 1.84. The number of rotatable bonds is 4. The van der Waals surface area contributed by atoms with Crippen LogP contribution in [-0.4, -0.2) is 24.3 Å². The highest BCUT2D eigenvalue weighted by Crippen LogP contribution is 2.22. The molecule has 2 aromatic heterocycles. The van der Waals surface area contributed by atoms with Gasteiger partial charge in [0.05, 0.1) is 22.4 Å². The van der Waals surface area contributed by atoms with E-state index in [0.717, 1.165) is 22.4 Å². The van der Waals surface area contributed by atoms with E-state index in [2.05, 4.69) is 32.9 Å². The SMILES string of the molecule is CCn1nc(C)c(Br)c1Cn1ccnc1C(N)=S. The maximum atomic E-state index is 5.64. The minimum absolute atomic E-state index is 0.301. The van der Waals surface area contributed by atoms with Crippen molar-refractivity contribution in [2.24, 2.45) is 5.73 Å². The zero-order valence-electron chi connectivity index (χ0n) is 10.2. The molecule has 0 bridgehead atoms. The number of imidazole rings is 1. The van der Waals surface area contributed by atoms with Crippen LogP contribution in [0.15, 0.2) is 16.9 Å². The Morgan fingerprint density at radius 2 is 2.28 bits per heavy atom.